The Balaban J connectivity index is 1.99. The number of halogens is 1. The summed E-state index contributed by atoms with van der Waals surface area (Å²) in [6.07, 6.45) is 1.41. The summed E-state index contributed by atoms with van der Waals surface area (Å²) in [5.74, 6) is -0.722. The van der Waals surface area contributed by atoms with Gasteiger partial charge in [-0.25, -0.2) is 22.1 Å². The van der Waals surface area contributed by atoms with E-state index in [0.29, 0.717) is 11.4 Å². The highest BCUT2D eigenvalue weighted by Gasteiger charge is 2.48. The number of ether oxygens (including phenoxy) is 1. The Kier molecular flexibility index (Phi) is 6.00. The molecular formula is C21H26FN5O4S. The number of nitrogens with zero attached hydrogens (tertiary/aromatic N) is 3. The second-order valence-electron chi connectivity index (χ2n) is 8.27. The van der Waals surface area contributed by atoms with Crippen LogP contribution in [0, 0.1) is 5.82 Å². The van der Waals surface area contributed by atoms with E-state index >= 15 is 0 Å². The Morgan fingerprint density at radius 2 is 1.94 bits per heavy atom. The third kappa shape index (κ3) is 4.05. The quantitative estimate of drug-likeness (QED) is 0.715. The lowest BCUT2D eigenvalue weighted by Gasteiger charge is -2.29. The lowest BCUT2D eigenvalue weighted by atomic mass is 9.91. The van der Waals surface area contributed by atoms with E-state index in [1.807, 2.05) is 0 Å². The minimum atomic E-state index is -3.82. The van der Waals surface area contributed by atoms with E-state index in [4.69, 9.17) is 10.5 Å². The molecule has 0 spiro atoms. The highest BCUT2D eigenvalue weighted by atomic mass is 32.2. The third-order valence-electron chi connectivity index (χ3n) is 5.58. The highest BCUT2D eigenvalue weighted by molar-refractivity contribution is 7.91. The Morgan fingerprint density at radius 1 is 1.25 bits per heavy atom. The molecule has 1 amide bonds. The average Bonchev–Trinajstić information content (AvgIpc) is 2.78. The molecule has 32 heavy (non-hydrogen) atoms. The van der Waals surface area contributed by atoms with Gasteiger partial charge in [0.1, 0.15) is 33.4 Å². The van der Waals surface area contributed by atoms with Gasteiger partial charge in [0.05, 0.1) is 13.3 Å². The molecule has 2 aromatic rings. The number of hydrogen-bond acceptors (Lipinski definition) is 7. The summed E-state index contributed by atoms with van der Waals surface area (Å²) < 4.78 is 45.4. The first kappa shape index (κ1) is 23.6. The number of nitrogens with two attached hydrogens (primary N) is 1. The van der Waals surface area contributed by atoms with Gasteiger partial charge in [-0.2, -0.15) is 0 Å². The number of anilines is 1. The number of carbonyl (C=O) groups is 1. The number of aliphatic imine (C=N–C) groups is 1. The van der Waals surface area contributed by atoms with E-state index < -0.39 is 32.0 Å². The third-order valence-corrected chi connectivity index (χ3v) is 8.03. The summed E-state index contributed by atoms with van der Waals surface area (Å²) >= 11 is 0. The molecule has 0 saturated heterocycles. The number of sulfonamides is 1. The van der Waals surface area contributed by atoms with Gasteiger partial charge >= 0.3 is 0 Å². The monoisotopic (exact) mass is 463 g/mol. The first-order valence-electron chi connectivity index (χ1n) is 9.75. The molecule has 1 aliphatic heterocycles. The van der Waals surface area contributed by atoms with Crippen LogP contribution >= 0.6 is 0 Å². The lowest BCUT2D eigenvalue weighted by molar-refractivity contribution is 0.102. The van der Waals surface area contributed by atoms with Gasteiger partial charge in [0.25, 0.3) is 5.91 Å². The highest BCUT2D eigenvalue weighted by Crippen LogP contribution is 2.36. The average molecular weight is 464 g/mol. The molecule has 0 fully saturated rings. The van der Waals surface area contributed by atoms with Gasteiger partial charge < -0.3 is 15.8 Å². The van der Waals surface area contributed by atoms with Crippen molar-refractivity contribution in [3.05, 3.63) is 53.6 Å². The zero-order chi connectivity index (χ0) is 23.9. The second-order valence-corrected chi connectivity index (χ2v) is 10.9. The number of nitrogens with one attached hydrogen (secondary N) is 1. The molecule has 3 rings (SSSR count). The molecule has 0 radical (unpaired) electrons. The van der Waals surface area contributed by atoms with Crippen LogP contribution in [0.25, 0.3) is 0 Å². The van der Waals surface area contributed by atoms with E-state index in [1.165, 1.54) is 58.5 Å². The first-order chi connectivity index (χ1) is 14.8. The van der Waals surface area contributed by atoms with Gasteiger partial charge in [0.15, 0.2) is 0 Å². The van der Waals surface area contributed by atoms with Crippen LogP contribution in [0.3, 0.4) is 0 Å². The van der Waals surface area contributed by atoms with Crippen molar-refractivity contribution in [3.8, 4) is 5.75 Å². The van der Waals surface area contributed by atoms with Crippen LogP contribution in [0.5, 0.6) is 5.75 Å². The van der Waals surface area contributed by atoms with Crippen LogP contribution in [-0.2, 0) is 15.6 Å². The van der Waals surface area contributed by atoms with Crippen molar-refractivity contribution < 1.29 is 22.3 Å². The van der Waals surface area contributed by atoms with Crippen LogP contribution < -0.4 is 15.8 Å². The second kappa shape index (κ2) is 8.14. The molecule has 1 atom stereocenters. The number of amidine groups is 1. The number of benzene rings is 1. The van der Waals surface area contributed by atoms with Crippen molar-refractivity contribution in [2.75, 3.05) is 26.0 Å². The molecule has 172 valence electrons. The van der Waals surface area contributed by atoms with Crippen molar-refractivity contribution >= 4 is 27.5 Å². The van der Waals surface area contributed by atoms with Gasteiger partial charge in [-0.15, -0.1) is 0 Å². The van der Waals surface area contributed by atoms with E-state index in [0.717, 1.165) is 4.31 Å². The first-order valence-corrected chi connectivity index (χ1v) is 11.2. The topological polar surface area (TPSA) is 127 Å². The molecule has 0 saturated carbocycles. The van der Waals surface area contributed by atoms with E-state index in [1.54, 1.807) is 13.0 Å². The normalized spacial score (nSPS) is 22.5. The molecule has 1 unspecified atom stereocenters. The van der Waals surface area contributed by atoms with Crippen LogP contribution in [0.4, 0.5) is 10.1 Å². The smallest absolute Gasteiger partial charge is 0.274 e. The predicted octanol–water partition coefficient (Wildman–Crippen LogP) is 2.11. The maximum Gasteiger partial charge on any atom is 0.274 e. The van der Waals surface area contributed by atoms with Crippen molar-refractivity contribution in [1.82, 2.24) is 9.29 Å². The number of hydrogen-bond donors (Lipinski definition) is 2. The molecule has 1 aromatic heterocycles. The summed E-state index contributed by atoms with van der Waals surface area (Å²) in [4.78, 5) is 21.0. The fourth-order valence-corrected chi connectivity index (χ4v) is 4.98. The van der Waals surface area contributed by atoms with Crippen LogP contribution in [-0.4, -0.2) is 54.9 Å². The fraction of sp³-hybridized carbons (Fsp3) is 0.381. The van der Waals surface area contributed by atoms with Crippen molar-refractivity contribution in [2.45, 2.75) is 31.1 Å². The number of methoxy groups -OCH3 is 1. The van der Waals surface area contributed by atoms with Crippen LogP contribution in [0.1, 0.15) is 36.8 Å². The van der Waals surface area contributed by atoms with Crippen molar-refractivity contribution in [3.63, 3.8) is 0 Å². The molecule has 0 aliphatic carbocycles. The SMILES string of the molecule is COc1ccc(C(=O)Nc2ccc(F)c(C3(C)CN(C)S(=O)(=O)C(C)(C)C(N)=N3)c2)nc1. The summed E-state index contributed by atoms with van der Waals surface area (Å²) in [5, 5.41) is 2.67. The lowest BCUT2D eigenvalue weighted by Crippen LogP contribution is -2.50. The minimum Gasteiger partial charge on any atom is -0.495 e. The summed E-state index contributed by atoms with van der Waals surface area (Å²) in [6, 6.07) is 7.11. The molecular weight excluding hydrogens is 437 g/mol. The number of rotatable bonds is 4. The van der Waals surface area contributed by atoms with Gasteiger partial charge in [0.2, 0.25) is 10.0 Å². The van der Waals surface area contributed by atoms with Gasteiger partial charge in [0, 0.05) is 24.8 Å². The summed E-state index contributed by atoms with van der Waals surface area (Å²) in [6.45, 7) is 4.38. The maximum atomic E-state index is 14.9. The number of amides is 1. The van der Waals surface area contributed by atoms with Gasteiger partial charge in [-0.1, -0.05) is 0 Å². The van der Waals surface area contributed by atoms with E-state index in [2.05, 4.69) is 15.3 Å². The van der Waals surface area contributed by atoms with E-state index in [9.17, 15) is 17.6 Å². The number of carbonyl (C=O) groups excluding carboxylic acids is 1. The maximum absolute atomic E-state index is 14.9. The Morgan fingerprint density at radius 3 is 2.53 bits per heavy atom. The Bertz CT molecular complexity index is 1180. The molecule has 1 aromatic carbocycles. The standard InChI is InChI=1S/C21H26FN5O4S/c1-20(2)19(23)26-21(3,12-27(4)32(20,29)30)15-10-13(6-8-16(15)22)25-18(28)17-9-7-14(31-5)11-24-17/h6-11H,12H2,1-5H3,(H2,23,26)(H,25,28). The molecule has 1 aliphatic rings. The molecule has 11 heteroatoms. The minimum absolute atomic E-state index is 0.0979. The van der Waals surface area contributed by atoms with Crippen molar-refractivity contribution in [1.29, 1.82) is 0 Å². The zero-order valence-corrected chi connectivity index (χ0v) is 19.3. The van der Waals surface area contributed by atoms with E-state index in [-0.39, 0.29) is 23.6 Å². The number of pyridine rings is 1. The largest absolute Gasteiger partial charge is 0.495 e. The van der Waals surface area contributed by atoms with Gasteiger partial charge in [-0.05, 0) is 51.1 Å². The van der Waals surface area contributed by atoms with Crippen LogP contribution in [0.2, 0.25) is 0 Å². The van der Waals surface area contributed by atoms with Gasteiger partial charge in [-0.3, -0.25) is 9.79 Å². The predicted molar refractivity (Wildman–Crippen MR) is 120 cm³/mol. The van der Waals surface area contributed by atoms with Crippen molar-refractivity contribution in [2.24, 2.45) is 10.7 Å². The fourth-order valence-electron chi connectivity index (χ4n) is 3.47. The number of likely N-dealkylation sites (N-methyl/N-ethyl adjacent to an activating group) is 1. The molecule has 3 N–H and O–H groups in total. The summed E-state index contributed by atoms with van der Waals surface area (Å²) in [7, 11) is -0.926. The Hall–Kier alpha value is -3.05. The van der Waals surface area contributed by atoms with Crippen LogP contribution in [0.15, 0.2) is 41.5 Å². The number of aromatic nitrogens is 1. The Labute approximate surface area is 186 Å². The molecule has 0 bridgehead atoms. The zero-order valence-electron chi connectivity index (χ0n) is 18.5. The molecule has 9 nitrogen and oxygen atoms in total. The summed E-state index contributed by atoms with van der Waals surface area (Å²) in [5.41, 5.74) is 5.29. The molecule has 2 heterocycles.